The average Bonchev–Trinajstić information content (AvgIpc) is 2.70. The van der Waals surface area contributed by atoms with Crippen molar-refractivity contribution in [2.45, 2.75) is 26.3 Å². The summed E-state index contributed by atoms with van der Waals surface area (Å²) in [6.07, 6.45) is 1.14. The lowest BCUT2D eigenvalue weighted by Gasteiger charge is -2.19. The van der Waals surface area contributed by atoms with E-state index < -0.39 is 0 Å². The Labute approximate surface area is 181 Å². The Morgan fingerprint density at radius 2 is 1.43 bits per heavy atom. The largest absolute Gasteiger partial charge is 1.00 e. The maximum Gasteiger partial charge on any atom is 0.275 e. The molecule has 0 fully saturated rings. The van der Waals surface area contributed by atoms with Gasteiger partial charge in [0.15, 0.2) is 6.54 Å². The summed E-state index contributed by atoms with van der Waals surface area (Å²) >= 11 is 0. The standard InChI is InChI=1S/C22H31N3O.2ClH/c1-3-25(4-2)17-11-16-23-18-21(26)24-22(19-12-7-5-8-13-19)20-14-9-6-10-15-20;;/h5-10,12-15,22-23H,3-4,11,16-18H2,1-2H3,(H,24,26);2*1H. The Bertz CT molecular complexity index is 597. The van der Waals surface area contributed by atoms with Crippen LogP contribution >= 0.6 is 0 Å². The number of amides is 1. The van der Waals surface area contributed by atoms with E-state index in [1.165, 1.54) is 19.6 Å². The van der Waals surface area contributed by atoms with E-state index in [2.05, 4.69) is 48.7 Å². The van der Waals surface area contributed by atoms with Crippen LogP contribution in [0.1, 0.15) is 37.4 Å². The topological polar surface area (TPSA) is 50.2 Å². The van der Waals surface area contributed by atoms with E-state index in [9.17, 15) is 4.79 Å². The molecule has 0 saturated heterocycles. The Morgan fingerprint density at radius 3 is 1.89 bits per heavy atom. The first-order chi connectivity index (χ1) is 12.7. The molecule has 0 saturated carbocycles. The van der Waals surface area contributed by atoms with E-state index in [1.54, 1.807) is 4.90 Å². The molecular weight excluding hydrogens is 393 g/mol. The van der Waals surface area contributed by atoms with Gasteiger partial charge in [0.1, 0.15) is 0 Å². The smallest absolute Gasteiger partial charge is 0.275 e. The molecular formula is C22H33Cl2N3O. The van der Waals surface area contributed by atoms with E-state index in [0.717, 1.165) is 24.1 Å². The van der Waals surface area contributed by atoms with Gasteiger partial charge < -0.3 is 40.3 Å². The second kappa shape index (κ2) is 15.3. The van der Waals surface area contributed by atoms with Gasteiger partial charge in [0, 0.05) is 6.42 Å². The molecule has 6 heteroatoms. The molecule has 0 heterocycles. The Balaban J connectivity index is 0.00000364. The molecule has 0 atom stereocenters. The lowest BCUT2D eigenvalue weighted by atomic mass is 9.99. The van der Waals surface area contributed by atoms with Crippen LogP contribution in [0.25, 0.3) is 0 Å². The molecule has 2 aromatic carbocycles. The summed E-state index contributed by atoms with van der Waals surface area (Å²) in [4.78, 5) is 14.1. The molecule has 0 bridgehead atoms. The van der Waals surface area contributed by atoms with Crippen molar-refractivity contribution in [3.05, 3.63) is 71.8 Å². The number of carbonyl (C=O) groups excluding carboxylic acids is 1. The molecule has 0 aromatic heterocycles. The zero-order chi connectivity index (χ0) is 18.6. The molecule has 2 rings (SSSR count). The fraction of sp³-hybridized carbons (Fsp3) is 0.409. The summed E-state index contributed by atoms with van der Waals surface area (Å²) in [6.45, 7) is 9.45. The minimum atomic E-state index is -0.0987. The summed E-state index contributed by atoms with van der Waals surface area (Å²) < 4.78 is 0. The molecule has 4 nitrogen and oxygen atoms in total. The molecule has 4 N–H and O–H groups in total. The van der Waals surface area contributed by atoms with Crippen molar-refractivity contribution in [3.8, 4) is 0 Å². The summed E-state index contributed by atoms with van der Waals surface area (Å²) in [5, 5.41) is 5.31. The van der Waals surface area contributed by atoms with Gasteiger partial charge in [-0.05, 0) is 25.0 Å². The molecule has 0 aliphatic heterocycles. The fourth-order valence-electron chi connectivity index (χ4n) is 3.20. The van der Waals surface area contributed by atoms with Crippen molar-refractivity contribution in [3.63, 3.8) is 0 Å². The predicted octanol–water partition coefficient (Wildman–Crippen LogP) is -5.22. The number of hydrogen-bond donors (Lipinski definition) is 3. The van der Waals surface area contributed by atoms with Gasteiger partial charge in [0.25, 0.3) is 5.91 Å². The molecule has 156 valence electrons. The van der Waals surface area contributed by atoms with Crippen molar-refractivity contribution in [1.29, 1.82) is 0 Å². The van der Waals surface area contributed by atoms with Gasteiger partial charge in [-0.25, -0.2) is 0 Å². The van der Waals surface area contributed by atoms with Crippen molar-refractivity contribution in [1.82, 2.24) is 5.32 Å². The van der Waals surface area contributed by atoms with E-state index in [0.29, 0.717) is 6.54 Å². The highest BCUT2D eigenvalue weighted by atomic mass is 35.5. The molecule has 0 aliphatic rings. The normalized spacial score (nSPS) is 10.3. The third-order valence-corrected chi connectivity index (χ3v) is 4.84. The number of rotatable bonds is 11. The number of nitrogens with one attached hydrogen (secondary N) is 2. The SMILES string of the molecule is CC[NH+](CC)CCC[NH2+]CC(=O)NC(c1ccccc1)c1ccccc1.[Cl-].[Cl-]. The summed E-state index contributed by atoms with van der Waals surface area (Å²) in [5.41, 5.74) is 2.22. The maximum atomic E-state index is 12.5. The monoisotopic (exact) mass is 425 g/mol. The van der Waals surface area contributed by atoms with Gasteiger partial charge in [-0.3, -0.25) is 4.79 Å². The first-order valence-corrected chi connectivity index (χ1v) is 9.79. The van der Waals surface area contributed by atoms with E-state index in [1.807, 2.05) is 36.4 Å². The summed E-state index contributed by atoms with van der Waals surface area (Å²) in [5.74, 6) is 0.0814. The lowest BCUT2D eigenvalue weighted by molar-refractivity contribution is -0.898. The van der Waals surface area contributed by atoms with Gasteiger partial charge in [0.2, 0.25) is 0 Å². The van der Waals surface area contributed by atoms with Crippen molar-refractivity contribution >= 4 is 5.91 Å². The van der Waals surface area contributed by atoms with Crippen molar-refractivity contribution in [2.24, 2.45) is 0 Å². The van der Waals surface area contributed by atoms with Crippen LogP contribution in [0.4, 0.5) is 0 Å². The first kappa shape index (κ1) is 26.4. The third kappa shape index (κ3) is 9.07. The lowest BCUT2D eigenvalue weighted by Crippen LogP contribution is -3.11. The molecule has 2 aromatic rings. The Morgan fingerprint density at radius 1 is 0.929 bits per heavy atom. The van der Waals surface area contributed by atoms with Gasteiger partial charge in [-0.15, -0.1) is 0 Å². The molecule has 0 radical (unpaired) electrons. The van der Waals surface area contributed by atoms with Gasteiger partial charge in [0.05, 0.1) is 32.2 Å². The van der Waals surface area contributed by atoms with Crippen molar-refractivity contribution in [2.75, 3.05) is 32.7 Å². The van der Waals surface area contributed by atoms with Crippen LogP contribution in [-0.2, 0) is 4.79 Å². The quantitative estimate of drug-likeness (QED) is 0.309. The molecule has 0 aliphatic carbocycles. The van der Waals surface area contributed by atoms with Crippen molar-refractivity contribution < 1.29 is 39.8 Å². The van der Waals surface area contributed by atoms with Crippen LogP contribution in [0.15, 0.2) is 60.7 Å². The molecule has 1 amide bonds. The second-order valence-corrected chi connectivity index (χ2v) is 6.66. The second-order valence-electron chi connectivity index (χ2n) is 6.66. The fourth-order valence-corrected chi connectivity index (χ4v) is 3.20. The van der Waals surface area contributed by atoms with Crippen LogP contribution in [0.2, 0.25) is 0 Å². The average molecular weight is 426 g/mol. The van der Waals surface area contributed by atoms with Gasteiger partial charge in [-0.2, -0.15) is 0 Å². The van der Waals surface area contributed by atoms with Gasteiger partial charge >= 0.3 is 0 Å². The van der Waals surface area contributed by atoms with Crippen LogP contribution in [-0.4, -0.2) is 38.6 Å². The van der Waals surface area contributed by atoms with Crippen LogP contribution in [0.3, 0.4) is 0 Å². The maximum absolute atomic E-state index is 12.5. The molecule has 0 unspecified atom stereocenters. The number of quaternary nitrogens is 2. The summed E-state index contributed by atoms with van der Waals surface area (Å²) in [7, 11) is 0. The molecule has 0 spiro atoms. The van der Waals surface area contributed by atoms with Crippen LogP contribution < -0.4 is 40.3 Å². The number of benzene rings is 2. The number of halogens is 2. The minimum Gasteiger partial charge on any atom is -1.00 e. The Kier molecular flexibility index (Phi) is 14.5. The minimum absolute atomic E-state index is 0. The van der Waals surface area contributed by atoms with Gasteiger partial charge in [-0.1, -0.05) is 60.7 Å². The third-order valence-electron chi connectivity index (χ3n) is 4.84. The number of carbonyl (C=O) groups is 1. The Hall–Kier alpha value is -1.59. The highest BCUT2D eigenvalue weighted by molar-refractivity contribution is 5.77. The zero-order valence-electron chi connectivity index (χ0n) is 16.8. The highest BCUT2D eigenvalue weighted by Gasteiger charge is 2.17. The zero-order valence-corrected chi connectivity index (χ0v) is 18.3. The van der Waals surface area contributed by atoms with Crippen LogP contribution in [0.5, 0.6) is 0 Å². The molecule has 28 heavy (non-hydrogen) atoms. The first-order valence-electron chi connectivity index (χ1n) is 9.79. The van der Waals surface area contributed by atoms with E-state index in [-0.39, 0.29) is 36.8 Å². The van der Waals surface area contributed by atoms with E-state index >= 15 is 0 Å². The highest BCUT2D eigenvalue weighted by Crippen LogP contribution is 2.21. The summed E-state index contributed by atoms with van der Waals surface area (Å²) in [6, 6.07) is 20.2. The number of hydrogen-bond acceptors (Lipinski definition) is 1. The predicted molar refractivity (Wildman–Crippen MR) is 106 cm³/mol. The van der Waals surface area contributed by atoms with Crippen LogP contribution in [0, 0.1) is 0 Å². The number of nitrogens with two attached hydrogens (primary N) is 1. The van der Waals surface area contributed by atoms with E-state index in [4.69, 9.17) is 0 Å².